The zero-order chi connectivity index (χ0) is 17.5. The van der Waals surface area contributed by atoms with Gasteiger partial charge in [-0.05, 0) is 56.3 Å². The lowest BCUT2D eigenvalue weighted by Gasteiger charge is -2.16. The summed E-state index contributed by atoms with van der Waals surface area (Å²) in [6.45, 7) is 4.86. The van der Waals surface area contributed by atoms with Crippen LogP contribution in [0.25, 0.3) is 0 Å². The van der Waals surface area contributed by atoms with Crippen molar-refractivity contribution in [1.82, 2.24) is 0 Å². The first-order valence-electron chi connectivity index (χ1n) is 11.1. The fourth-order valence-electron chi connectivity index (χ4n) is 4.25. The van der Waals surface area contributed by atoms with E-state index < -0.39 is 0 Å². The Bertz CT molecular complexity index is 292. The molecule has 1 fully saturated rings. The summed E-state index contributed by atoms with van der Waals surface area (Å²) in [7, 11) is 0. The van der Waals surface area contributed by atoms with E-state index in [-0.39, 0.29) is 0 Å². The lowest BCUT2D eigenvalue weighted by molar-refractivity contribution is 0.211. The highest BCUT2D eigenvalue weighted by Crippen LogP contribution is 2.36. The van der Waals surface area contributed by atoms with E-state index in [1.807, 2.05) is 0 Å². The standard InChI is InChI=1S/C23H44O/c1-3-5-6-7-8-12-16-22-18-14-19-23(22)17-13-10-9-11-15-21(4-2)20-24/h12,16,21-24H,3-11,13-15,17-20H2,1-2H3/b16-12+/t21?,22-,23-/m0/s1. The van der Waals surface area contributed by atoms with Crippen molar-refractivity contribution in [2.75, 3.05) is 6.61 Å². The zero-order valence-electron chi connectivity index (χ0n) is 16.6. The van der Waals surface area contributed by atoms with Gasteiger partial charge in [-0.2, -0.15) is 0 Å². The summed E-state index contributed by atoms with van der Waals surface area (Å²) in [6, 6.07) is 0. The summed E-state index contributed by atoms with van der Waals surface area (Å²) in [5.74, 6) is 2.40. The number of aliphatic hydroxyl groups is 1. The Kier molecular flexibility index (Phi) is 13.6. The molecule has 0 amide bonds. The first-order chi connectivity index (χ1) is 11.8. The maximum absolute atomic E-state index is 9.23. The third kappa shape index (κ3) is 9.87. The summed E-state index contributed by atoms with van der Waals surface area (Å²) in [5, 5.41) is 9.23. The quantitative estimate of drug-likeness (QED) is 0.246. The molecule has 24 heavy (non-hydrogen) atoms. The Labute approximate surface area is 152 Å². The Morgan fingerprint density at radius 3 is 2.50 bits per heavy atom. The molecule has 1 rings (SSSR count). The molecule has 0 heterocycles. The SMILES string of the molecule is CCCCCC/C=C/[C@H]1CCC[C@@H]1CCCCCCC(CC)CO. The Morgan fingerprint density at radius 1 is 0.958 bits per heavy atom. The smallest absolute Gasteiger partial charge is 0.0459 e. The average molecular weight is 337 g/mol. The number of unbranched alkanes of at least 4 members (excludes halogenated alkanes) is 7. The molecule has 0 aliphatic heterocycles. The van der Waals surface area contributed by atoms with Crippen LogP contribution in [0.1, 0.15) is 110 Å². The number of allylic oxidation sites excluding steroid dienone is 2. The monoisotopic (exact) mass is 336 g/mol. The van der Waals surface area contributed by atoms with E-state index in [9.17, 15) is 5.11 Å². The predicted molar refractivity (Wildman–Crippen MR) is 107 cm³/mol. The second-order valence-electron chi connectivity index (χ2n) is 8.08. The minimum absolute atomic E-state index is 0.380. The second kappa shape index (κ2) is 15.0. The van der Waals surface area contributed by atoms with Crippen molar-refractivity contribution in [3.05, 3.63) is 12.2 Å². The van der Waals surface area contributed by atoms with Crippen LogP contribution in [-0.2, 0) is 0 Å². The first-order valence-corrected chi connectivity index (χ1v) is 11.1. The largest absolute Gasteiger partial charge is 0.396 e. The minimum atomic E-state index is 0.380. The van der Waals surface area contributed by atoms with Crippen LogP contribution in [0.5, 0.6) is 0 Å². The molecule has 0 aromatic carbocycles. The number of aliphatic hydroxyl groups excluding tert-OH is 1. The number of hydrogen-bond acceptors (Lipinski definition) is 1. The van der Waals surface area contributed by atoms with Crippen molar-refractivity contribution < 1.29 is 5.11 Å². The van der Waals surface area contributed by atoms with Crippen LogP contribution in [0.2, 0.25) is 0 Å². The van der Waals surface area contributed by atoms with Gasteiger partial charge >= 0.3 is 0 Å². The van der Waals surface area contributed by atoms with Gasteiger partial charge in [-0.3, -0.25) is 0 Å². The van der Waals surface area contributed by atoms with Crippen molar-refractivity contribution in [3.63, 3.8) is 0 Å². The summed E-state index contributed by atoms with van der Waals surface area (Å²) < 4.78 is 0. The first kappa shape index (κ1) is 21.7. The Balaban J connectivity index is 2.06. The fraction of sp³-hybridized carbons (Fsp3) is 0.913. The van der Waals surface area contributed by atoms with Gasteiger partial charge in [0.1, 0.15) is 0 Å². The van der Waals surface area contributed by atoms with Crippen molar-refractivity contribution >= 4 is 0 Å². The molecule has 0 aromatic rings. The fourth-order valence-corrected chi connectivity index (χ4v) is 4.25. The van der Waals surface area contributed by atoms with E-state index in [1.54, 1.807) is 0 Å². The van der Waals surface area contributed by atoms with Gasteiger partial charge in [0.25, 0.3) is 0 Å². The van der Waals surface area contributed by atoms with Crippen LogP contribution in [0.4, 0.5) is 0 Å². The van der Waals surface area contributed by atoms with E-state index in [2.05, 4.69) is 26.0 Å². The van der Waals surface area contributed by atoms with Gasteiger partial charge in [0, 0.05) is 6.61 Å². The molecule has 3 atom stereocenters. The highest BCUT2D eigenvalue weighted by Gasteiger charge is 2.24. The molecule has 1 unspecified atom stereocenters. The highest BCUT2D eigenvalue weighted by atomic mass is 16.3. The number of hydrogen-bond donors (Lipinski definition) is 1. The van der Waals surface area contributed by atoms with Gasteiger partial charge < -0.3 is 5.11 Å². The van der Waals surface area contributed by atoms with Gasteiger partial charge in [0.15, 0.2) is 0 Å². The molecule has 1 heteroatoms. The van der Waals surface area contributed by atoms with Crippen LogP contribution in [0.3, 0.4) is 0 Å². The molecule has 0 bridgehead atoms. The molecule has 0 spiro atoms. The highest BCUT2D eigenvalue weighted by molar-refractivity contribution is 4.94. The third-order valence-electron chi connectivity index (χ3n) is 6.10. The van der Waals surface area contributed by atoms with Crippen LogP contribution in [0, 0.1) is 17.8 Å². The lowest BCUT2D eigenvalue weighted by Crippen LogP contribution is -2.05. The normalized spacial score (nSPS) is 22.5. The molecule has 0 radical (unpaired) electrons. The van der Waals surface area contributed by atoms with E-state index in [4.69, 9.17) is 0 Å². The predicted octanol–water partition coefficient (Wildman–Crippen LogP) is 7.29. The van der Waals surface area contributed by atoms with Crippen molar-refractivity contribution in [1.29, 1.82) is 0 Å². The van der Waals surface area contributed by atoms with Gasteiger partial charge in [-0.1, -0.05) is 83.8 Å². The third-order valence-corrected chi connectivity index (χ3v) is 6.10. The van der Waals surface area contributed by atoms with E-state index in [0.29, 0.717) is 12.5 Å². The molecule has 1 aliphatic carbocycles. The van der Waals surface area contributed by atoms with Crippen molar-refractivity contribution in [3.8, 4) is 0 Å². The van der Waals surface area contributed by atoms with Crippen molar-refractivity contribution in [2.24, 2.45) is 17.8 Å². The van der Waals surface area contributed by atoms with E-state index >= 15 is 0 Å². The van der Waals surface area contributed by atoms with Gasteiger partial charge in [-0.15, -0.1) is 0 Å². The molecule has 1 nitrogen and oxygen atoms in total. The molecule has 1 saturated carbocycles. The summed E-state index contributed by atoms with van der Waals surface area (Å²) in [6.07, 6.45) is 25.5. The van der Waals surface area contributed by atoms with Gasteiger partial charge in [0.2, 0.25) is 0 Å². The maximum atomic E-state index is 9.23. The van der Waals surface area contributed by atoms with Crippen LogP contribution in [-0.4, -0.2) is 11.7 Å². The molecule has 1 aliphatic rings. The molecule has 0 aromatic heterocycles. The molecular weight excluding hydrogens is 292 g/mol. The van der Waals surface area contributed by atoms with Crippen LogP contribution < -0.4 is 0 Å². The van der Waals surface area contributed by atoms with E-state index in [1.165, 1.54) is 89.9 Å². The lowest BCUT2D eigenvalue weighted by atomic mass is 9.89. The van der Waals surface area contributed by atoms with Crippen molar-refractivity contribution in [2.45, 2.75) is 110 Å². The average Bonchev–Trinajstić information content (AvgIpc) is 3.05. The summed E-state index contributed by atoms with van der Waals surface area (Å²) in [4.78, 5) is 0. The van der Waals surface area contributed by atoms with Crippen LogP contribution >= 0.6 is 0 Å². The minimum Gasteiger partial charge on any atom is -0.396 e. The maximum Gasteiger partial charge on any atom is 0.0459 e. The summed E-state index contributed by atoms with van der Waals surface area (Å²) in [5.41, 5.74) is 0. The molecule has 0 saturated heterocycles. The second-order valence-corrected chi connectivity index (χ2v) is 8.08. The molecule has 142 valence electrons. The topological polar surface area (TPSA) is 20.2 Å². The van der Waals surface area contributed by atoms with Gasteiger partial charge in [-0.25, -0.2) is 0 Å². The molecular formula is C23H44O. The summed E-state index contributed by atoms with van der Waals surface area (Å²) >= 11 is 0. The Hall–Kier alpha value is -0.300. The van der Waals surface area contributed by atoms with E-state index in [0.717, 1.165) is 18.3 Å². The zero-order valence-corrected chi connectivity index (χ0v) is 16.6. The van der Waals surface area contributed by atoms with Gasteiger partial charge in [0.05, 0.1) is 0 Å². The molecule has 1 N–H and O–H groups in total. The van der Waals surface area contributed by atoms with Crippen LogP contribution in [0.15, 0.2) is 12.2 Å². The number of rotatable bonds is 15. The Morgan fingerprint density at radius 2 is 1.75 bits per heavy atom.